The molecule has 0 spiro atoms. The highest BCUT2D eigenvalue weighted by Gasteiger charge is 2.16. The van der Waals surface area contributed by atoms with E-state index < -0.39 is 0 Å². The number of carbonyl (C=O) groups is 1. The van der Waals surface area contributed by atoms with Gasteiger partial charge in [0.2, 0.25) is 0 Å². The van der Waals surface area contributed by atoms with Gasteiger partial charge in [0, 0.05) is 42.0 Å². The summed E-state index contributed by atoms with van der Waals surface area (Å²) in [4.78, 5) is 22.0. The van der Waals surface area contributed by atoms with Gasteiger partial charge in [0.05, 0.1) is 12.2 Å². The predicted molar refractivity (Wildman–Crippen MR) is 89.0 cm³/mol. The number of nitrogens with zero attached hydrogens (tertiary/aromatic N) is 2. The van der Waals surface area contributed by atoms with Crippen molar-refractivity contribution in [3.8, 4) is 0 Å². The van der Waals surface area contributed by atoms with E-state index in [1.54, 1.807) is 11.1 Å². The molecule has 5 nitrogen and oxygen atoms in total. The van der Waals surface area contributed by atoms with Crippen LogP contribution in [0.5, 0.6) is 0 Å². The molecule has 2 aromatic heterocycles. The van der Waals surface area contributed by atoms with Crippen LogP contribution in [0, 0.1) is 0 Å². The third-order valence-corrected chi connectivity index (χ3v) is 3.75. The molecule has 0 saturated heterocycles. The molecule has 0 aliphatic heterocycles. The van der Waals surface area contributed by atoms with Crippen LogP contribution in [0.25, 0.3) is 10.9 Å². The molecule has 0 aliphatic carbocycles. The van der Waals surface area contributed by atoms with Crippen LogP contribution in [-0.4, -0.2) is 39.0 Å². The van der Waals surface area contributed by atoms with E-state index in [2.05, 4.69) is 9.97 Å². The minimum atomic E-state index is -0.0489. The molecular weight excluding hydrogens is 290 g/mol. The Morgan fingerprint density at radius 3 is 2.91 bits per heavy atom. The number of H-pyrrole nitrogens is 1. The molecule has 1 amide bonds. The summed E-state index contributed by atoms with van der Waals surface area (Å²) in [5.41, 5.74) is 2.49. The maximum atomic E-state index is 12.8. The summed E-state index contributed by atoms with van der Waals surface area (Å²) in [5.74, 6) is -0.0489. The number of rotatable bonds is 6. The molecule has 23 heavy (non-hydrogen) atoms. The molecule has 1 aromatic carbocycles. The second kappa shape index (κ2) is 7.07. The summed E-state index contributed by atoms with van der Waals surface area (Å²) in [7, 11) is 0. The normalized spacial score (nSPS) is 10.8. The average molecular weight is 309 g/mol. The van der Waals surface area contributed by atoms with Gasteiger partial charge in [0.25, 0.3) is 5.91 Å². The van der Waals surface area contributed by atoms with E-state index >= 15 is 0 Å². The number of aliphatic hydroxyl groups is 1. The third kappa shape index (κ3) is 3.57. The molecule has 0 radical (unpaired) electrons. The maximum absolute atomic E-state index is 12.8. The van der Waals surface area contributed by atoms with Crippen LogP contribution in [0.15, 0.2) is 54.9 Å². The Bertz CT molecular complexity index is 783. The summed E-state index contributed by atoms with van der Waals surface area (Å²) in [6.07, 6.45) is 4.12. The van der Waals surface area contributed by atoms with Gasteiger partial charge in [0.15, 0.2) is 0 Å². The maximum Gasteiger partial charge on any atom is 0.254 e. The number of aromatic amines is 1. The first-order chi connectivity index (χ1) is 11.3. The molecule has 2 heterocycles. The highest BCUT2D eigenvalue weighted by Crippen LogP contribution is 2.17. The Hall–Kier alpha value is -2.66. The fourth-order valence-electron chi connectivity index (χ4n) is 2.57. The van der Waals surface area contributed by atoms with Crippen LogP contribution in [0.1, 0.15) is 22.5 Å². The molecule has 2 N–H and O–H groups in total. The SMILES string of the molecule is O=C(c1ccc2[nH]ccc2c1)N(CCCO)Cc1ccccn1. The van der Waals surface area contributed by atoms with E-state index in [-0.39, 0.29) is 12.5 Å². The lowest BCUT2D eigenvalue weighted by Gasteiger charge is -2.22. The van der Waals surface area contributed by atoms with Crippen molar-refractivity contribution in [2.24, 2.45) is 0 Å². The number of fused-ring (bicyclic) bond motifs is 1. The summed E-state index contributed by atoms with van der Waals surface area (Å²) in [5, 5.41) is 10.1. The second-order valence-corrected chi connectivity index (χ2v) is 5.40. The van der Waals surface area contributed by atoms with E-state index in [0.29, 0.717) is 25.1 Å². The van der Waals surface area contributed by atoms with Crippen molar-refractivity contribution < 1.29 is 9.90 Å². The largest absolute Gasteiger partial charge is 0.396 e. The molecule has 0 saturated carbocycles. The van der Waals surface area contributed by atoms with Crippen LogP contribution in [-0.2, 0) is 6.54 Å². The predicted octanol–water partition coefficient (Wildman–Crippen LogP) is 2.59. The number of carbonyl (C=O) groups excluding carboxylic acids is 1. The number of benzene rings is 1. The van der Waals surface area contributed by atoms with Crippen LogP contribution < -0.4 is 0 Å². The van der Waals surface area contributed by atoms with E-state index in [0.717, 1.165) is 16.6 Å². The Kier molecular flexibility index (Phi) is 4.68. The van der Waals surface area contributed by atoms with Gasteiger partial charge in [-0.15, -0.1) is 0 Å². The molecular formula is C18H19N3O2. The van der Waals surface area contributed by atoms with Crippen LogP contribution in [0.3, 0.4) is 0 Å². The topological polar surface area (TPSA) is 69.2 Å². The lowest BCUT2D eigenvalue weighted by molar-refractivity contribution is 0.0730. The smallest absolute Gasteiger partial charge is 0.254 e. The van der Waals surface area contributed by atoms with Crippen LogP contribution in [0.4, 0.5) is 0 Å². The molecule has 118 valence electrons. The van der Waals surface area contributed by atoms with Crippen molar-refractivity contribution >= 4 is 16.8 Å². The number of hydrogen-bond acceptors (Lipinski definition) is 3. The van der Waals surface area contributed by atoms with Crippen molar-refractivity contribution in [1.29, 1.82) is 0 Å². The first-order valence-electron chi connectivity index (χ1n) is 7.65. The van der Waals surface area contributed by atoms with Gasteiger partial charge in [-0.3, -0.25) is 9.78 Å². The average Bonchev–Trinajstić information content (AvgIpc) is 3.06. The summed E-state index contributed by atoms with van der Waals surface area (Å²) >= 11 is 0. The minimum Gasteiger partial charge on any atom is -0.396 e. The molecule has 0 bridgehead atoms. The first kappa shape index (κ1) is 15.2. The number of aliphatic hydroxyl groups excluding tert-OH is 1. The molecule has 0 aliphatic rings. The lowest BCUT2D eigenvalue weighted by Crippen LogP contribution is -2.32. The number of hydrogen-bond donors (Lipinski definition) is 2. The summed E-state index contributed by atoms with van der Waals surface area (Å²) in [6, 6.07) is 13.2. The van der Waals surface area contributed by atoms with Gasteiger partial charge in [-0.1, -0.05) is 6.07 Å². The fourth-order valence-corrected chi connectivity index (χ4v) is 2.57. The van der Waals surface area contributed by atoms with E-state index in [1.165, 1.54) is 0 Å². The Morgan fingerprint density at radius 2 is 2.13 bits per heavy atom. The third-order valence-electron chi connectivity index (χ3n) is 3.75. The van der Waals surface area contributed by atoms with Gasteiger partial charge in [-0.05, 0) is 42.8 Å². The van der Waals surface area contributed by atoms with Gasteiger partial charge in [0.1, 0.15) is 0 Å². The number of aromatic nitrogens is 2. The molecule has 0 atom stereocenters. The van der Waals surface area contributed by atoms with Crippen molar-refractivity contribution in [2.45, 2.75) is 13.0 Å². The summed E-state index contributed by atoms with van der Waals surface area (Å²) in [6.45, 7) is 0.991. The van der Waals surface area contributed by atoms with Crippen molar-refractivity contribution in [1.82, 2.24) is 14.9 Å². The quantitative estimate of drug-likeness (QED) is 0.735. The Labute approximate surface area is 134 Å². The van der Waals surface area contributed by atoms with E-state index in [4.69, 9.17) is 5.11 Å². The van der Waals surface area contributed by atoms with Gasteiger partial charge < -0.3 is 15.0 Å². The summed E-state index contributed by atoms with van der Waals surface area (Å²) < 4.78 is 0. The number of amides is 1. The molecule has 0 fully saturated rings. The fraction of sp³-hybridized carbons (Fsp3) is 0.222. The Morgan fingerprint density at radius 1 is 1.22 bits per heavy atom. The highest BCUT2D eigenvalue weighted by atomic mass is 16.3. The van der Waals surface area contributed by atoms with Gasteiger partial charge in [-0.2, -0.15) is 0 Å². The monoisotopic (exact) mass is 309 g/mol. The molecule has 3 rings (SSSR count). The highest BCUT2D eigenvalue weighted by molar-refractivity contribution is 5.98. The van der Waals surface area contributed by atoms with Crippen molar-refractivity contribution in [2.75, 3.05) is 13.2 Å². The molecule has 3 aromatic rings. The first-order valence-corrected chi connectivity index (χ1v) is 7.65. The molecule has 5 heteroatoms. The van der Waals surface area contributed by atoms with Crippen LogP contribution in [0.2, 0.25) is 0 Å². The second-order valence-electron chi connectivity index (χ2n) is 5.40. The lowest BCUT2D eigenvalue weighted by atomic mass is 10.1. The van der Waals surface area contributed by atoms with Gasteiger partial charge in [-0.25, -0.2) is 0 Å². The minimum absolute atomic E-state index is 0.0489. The number of pyridine rings is 1. The number of nitrogens with one attached hydrogen (secondary N) is 1. The zero-order valence-electron chi connectivity index (χ0n) is 12.8. The zero-order valence-corrected chi connectivity index (χ0v) is 12.8. The van der Waals surface area contributed by atoms with E-state index in [1.807, 2.05) is 48.7 Å². The van der Waals surface area contributed by atoms with E-state index in [9.17, 15) is 4.79 Å². The standard InChI is InChI=1S/C18H19N3O2/c22-11-3-10-21(13-16-4-1-2-8-19-16)18(23)15-5-6-17-14(12-15)7-9-20-17/h1-2,4-9,12,20,22H,3,10-11,13H2. The van der Waals surface area contributed by atoms with Crippen LogP contribution >= 0.6 is 0 Å². The van der Waals surface area contributed by atoms with Gasteiger partial charge >= 0.3 is 0 Å². The zero-order chi connectivity index (χ0) is 16.1. The van der Waals surface area contributed by atoms with Crippen molar-refractivity contribution in [3.05, 3.63) is 66.1 Å². The molecule has 0 unspecified atom stereocenters. The Balaban J connectivity index is 1.83. The van der Waals surface area contributed by atoms with Crippen molar-refractivity contribution in [3.63, 3.8) is 0 Å².